The SMILES string of the molecule is CCCCC/C=C/CC/C=C/C(O)C(COC1OC(CO)C(O)C(O)C1O)NC(=O)CCCCCCCCCCC/C=C\C/C=C\CCCCCCCCCCCOC(=O)CCCCCCCCC/C=C\CCCCCCCCC. The lowest BCUT2D eigenvalue weighted by molar-refractivity contribution is -0.302. The van der Waals surface area contributed by atoms with Crippen LogP contribution in [0.5, 0.6) is 0 Å². The van der Waals surface area contributed by atoms with Crippen molar-refractivity contribution in [2.45, 2.75) is 346 Å². The number of carbonyl (C=O) groups excluding carboxylic acids is 2. The highest BCUT2D eigenvalue weighted by molar-refractivity contribution is 5.76. The van der Waals surface area contributed by atoms with Crippen LogP contribution in [-0.2, 0) is 23.8 Å². The van der Waals surface area contributed by atoms with Crippen LogP contribution in [0, 0.1) is 0 Å². The lowest BCUT2D eigenvalue weighted by atomic mass is 9.99. The molecule has 6 N–H and O–H groups in total. The van der Waals surface area contributed by atoms with Gasteiger partial charge in [-0.15, -0.1) is 0 Å². The van der Waals surface area contributed by atoms with E-state index in [4.69, 9.17) is 14.2 Å². The lowest BCUT2D eigenvalue weighted by Gasteiger charge is -2.40. The molecule has 80 heavy (non-hydrogen) atoms. The molecule has 0 aromatic heterocycles. The lowest BCUT2D eigenvalue weighted by Crippen LogP contribution is -2.60. The molecule has 7 atom stereocenters. The van der Waals surface area contributed by atoms with Crippen LogP contribution in [0.1, 0.15) is 303 Å². The summed E-state index contributed by atoms with van der Waals surface area (Å²) >= 11 is 0. The predicted molar refractivity (Wildman–Crippen MR) is 333 cm³/mol. The van der Waals surface area contributed by atoms with Crippen molar-refractivity contribution in [3.05, 3.63) is 60.8 Å². The first-order chi connectivity index (χ1) is 39.2. The summed E-state index contributed by atoms with van der Waals surface area (Å²) in [4.78, 5) is 25.1. The monoisotopic (exact) mass is 1130 g/mol. The van der Waals surface area contributed by atoms with E-state index in [9.17, 15) is 35.1 Å². The highest BCUT2D eigenvalue weighted by Crippen LogP contribution is 2.23. The third-order valence-corrected chi connectivity index (χ3v) is 15.6. The average Bonchev–Trinajstić information content (AvgIpc) is 3.45. The molecule has 0 aromatic carbocycles. The highest BCUT2D eigenvalue weighted by Gasteiger charge is 2.44. The van der Waals surface area contributed by atoms with Gasteiger partial charge in [-0.05, 0) is 103 Å². The summed E-state index contributed by atoms with van der Waals surface area (Å²) in [5.41, 5.74) is 0. The maximum absolute atomic E-state index is 13.0. The molecule has 1 heterocycles. The van der Waals surface area contributed by atoms with Gasteiger partial charge in [-0.2, -0.15) is 0 Å². The van der Waals surface area contributed by atoms with Gasteiger partial charge in [-0.1, -0.05) is 248 Å². The van der Waals surface area contributed by atoms with Gasteiger partial charge in [-0.3, -0.25) is 9.59 Å². The summed E-state index contributed by atoms with van der Waals surface area (Å²) in [6.45, 7) is 4.27. The summed E-state index contributed by atoms with van der Waals surface area (Å²) in [6, 6.07) is -0.832. The summed E-state index contributed by atoms with van der Waals surface area (Å²) in [5, 5.41) is 54.2. The molecule has 7 unspecified atom stereocenters. The first kappa shape index (κ1) is 75.4. The number of aliphatic hydroxyl groups excluding tert-OH is 5. The number of unbranched alkanes of at least 4 members (excludes halogenated alkanes) is 36. The number of allylic oxidation sites excluding steroid dienone is 9. The van der Waals surface area contributed by atoms with E-state index in [1.807, 2.05) is 6.08 Å². The molecule has 1 aliphatic heterocycles. The minimum atomic E-state index is -1.58. The summed E-state index contributed by atoms with van der Waals surface area (Å²) < 4.78 is 16.7. The largest absolute Gasteiger partial charge is 0.466 e. The Labute approximate surface area is 490 Å². The number of carbonyl (C=O) groups is 2. The fourth-order valence-corrected chi connectivity index (χ4v) is 10.2. The highest BCUT2D eigenvalue weighted by atomic mass is 16.7. The van der Waals surface area contributed by atoms with Gasteiger partial charge in [0.2, 0.25) is 5.91 Å². The van der Waals surface area contributed by atoms with Crippen molar-refractivity contribution in [3.63, 3.8) is 0 Å². The number of hydrogen-bond acceptors (Lipinski definition) is 10. The Hall–Kier alpha value is -2.64. The first-order valence-corrected chi connectivity index (χ1v) is 33.6. The molecule has 0 spiro atoms. The predicted octanol–water partition coefficient (Wildman–Crippen LogP) is 16.6. The van der Waals surface area contributed by atoms with Gasteiger partial charge in [0.15, 0.2) is 6.29 Å². The Bertz CT molecular complexity index is 1510. The molecule has 11 heteroatoms. The molecule has 466 valence electrons. The summed E-state index contributed by atoms with van der Waals surface area (Å²) in [7, 11) is 0. The van der Waals surface area contributed by atoms with Gasteiger partial charge in [0.05, 0.1) is 32.0 Å². The van der Waals surface area contributed by atoms with Crippen molar-refractivity contribution < 1.29 is 49.3 Å². The van der Waals surface area contributed by atoms with Crippen molar-refractivity contribution in [2.24, 2.45) is 0 Å². The number of amides is 1. The second kappa shape index (κ2) is 58.1. The maximum atomic E-state index is 13.0. The Morgan fingerprint density at radius 1 is 0.463 bits per heavy atom. The van der Waals surface area contributed by atoms with Crippen molar-refractivity contribution >= 4 is 11.9 Å². The minimum Gasteiger partial charge on any atom is -0.466 e. The summed E-state index contributed by atoms with van der Waals surface area (Å²) in [6.07, 6.45) is 66.5. The van der Waals surface area contributed by atoms with Crippen LogP contribution in [0.2, 0.25) is 0 Å². The third kappa shape index (κ3) is 46.8. The molecular weight excluding hydrogens is 1000 g/mol. The molecular formula is C69H125NO10. The second-order valence-electron chi connectivity index (χ2n) is 23.2. The molecule has 0 saturated carbocycles. The molecule has 0 bridgehead atoms. The van der Waals surface area contributed by atoms with Crippen LogP contribution in [-0.4, -0.2) is 100 Å². The first-order valence-electron chi connectivity index (χ1n) is 33.6. The van der Waals surface area contributed by atoms with Crippen LogP contribution in [0.4, 0.5) is 0 Å². The van der Waals surface area contributed by atoms with Crippen LogP contribution in [0.25, 0.3) is 0 Å². The van der Waals surface area contributed by atoms with Gasteiger partial charge in [0.1, 0.15) is 24.4 Å². The molecule has 0 aromatic rings. The number of rotatable bonds is 58. The molecule has 1 aliphatic rings. The van der Waals surface area contributed by atoms with Gasteiger partial charge in [0, 0.05) is 12.8 Å². The normalized spacial score (nSPS) is 18.7. The Kier molecular flexibility index (Phi) is 54.8. The Balaban J connectivity index is 1.97. The minimum absolute atomic E-state index is 0.00530. The fourth-order valence-electron chi connectivity index (χ4n) is 10.2. The molecule has 1 amide bonds. The zero-order chi connectivity index (χ0) is 58.0. The molecule has 0 aliphatic carbocycles. The second-order valence-corrected chi connectivity index (χ2v) is 23.2. The molecule has 1 rings (SSSR count). The standard InChI is InChI=1S/C69H125NO10/c1-3-5-7-9-11-13-14-15-16-17-28-31-34-37-41-45-49-53-57-65(74)78-58-54-50-46-42-38-35-32-29-26-24-22-20-18-19-21-23-25-27-30-33-36-40-44-48-52-56-64(73)70-61(62(72)55-51-47-43-39-12-10-8-6-4-2)60-79-69-68(77)67(76)66(75)63(59-71)80-69/h12,16-17,19-22,39,51,55,61-63,66-69,71-72,75-77H,3-11,13-15,18,23-38,40-50,52-54,56-60H2,1-2H3,(H,70,73)/b17-16-,21-19-,22-20-,39-12+,55-51+. The van der Waals surface area contributed by atoms with Gasteiger partial charge < -0.3 is 45.1 Å². The topological polar surface area (TPSA) is 175 Å². The smallest absolute Gasteiger partial charge is 0.305 e. The van der Waals surface area contributed by atoms with Crippen LogP contribution < -0.4 is 5.32 Å². The Morgan fingerprint density at radius 3 is 1.34 bits per heavy atom. The quantitative estimate of drug-likeness (QED) is 0.0195. The van der Waals surface area contributed by atoms with Crippen molar-refractivity contribution in [1.29, 1.82) is 0 Å². The Morgan fingerprint density at radius 2 is 0.850 bits per heavy atom. The van der Waals surface area contributed by atoms with E-state index in [0.717, 1.165) is 83.5 Å². The summed E-state index contributed by atoms with van der Waals surface area (Å²) in [5.74, 6) is -0.206. The van der Waals surface area contributed by atoms with E-state index >= 15 is 0 Å². The molecule has 0 radical (unpaired) electrons. The number of hydrogen-bond donors (Lipinski definition) is 6. The van der Waals surface area contributed by atoms with Crippen LogP contribution in [0.15, 0.2) is 60.8 Å². The van der Waals surface area contributed by atoms with E-state index in [1.54, 1.807) is 6.08 Å². The third-order valence-electron chi connectivity index (χ3n) is 15.6. The number of aliphatic hydroxyl groups is 5. The number of esters is 1. The zero-order valence-electron chi connectivity index (χ0n) is 51.5. The van der Waals surface area contributed by atoms with E-state index in [0.29, 0.717) is 19.4 Å². The van der Waals surface area contributed by atoms with Gasteiger partial charge in [-0.25, -0.2) is 0 Å². The molecule has 11 nitrogen and oxygen atoms in total. The van der Waals surface area contributed by atoms with Crippen LogP contribution in [0.3, 0.4) is 0 Å². The van der Waals surface area contributed by atoms with Crippen LogP contribution >= 0.6 is 0 Å². The van der Waals surface area contributed by atoms with E-state index in [1.165, 1.54) is 193 Å². The number of nitrogens with one attached hydrogen (secondary N) is 1. The van der Waals surface area contributed by atoms with Gasteiger partial charge in [0.25, 0.3) is 0 Å². The van der Waals surface area contributed by atoms with E-state index in [2.05, 4.69) is 67.8 Å². The number of ether oxygens (including phenoxy) is 3. The average molecular weight is 1130 g/mol. The van der Waals surface area contributed by atoms with Crippen molar-refractivity contribution in [2.75, 3.05) is 19.8 Å². The molecule has 1 fully saturated rings. The zero-order valence-corrected chi connectivity index (χ0v) is 51.5. The van der Waals surface area contributed by atoms with Crippen molar-refractivity contribution in [1.82, 2.24) is 5.32 Å². The van der Waals surface area contributed by atoms with Gasteiger partial charge >= 0.3 is 5.97 Å². The fraction of sp³-hybridized carbons (Fsp3) is 0.826. The maximum Gasteiger partial charge on any atom is 0.305 e. The van der Waals surface area contributed by atoms with Crippen molar-refractivity contribution in [3.8, 4) is 0 Å². The molecule has 1 saturated heterocycles. The van der Waals surface area contributed by atoms with E-state index < -0.39 is 49.5 Å². The van der Waals surface area contributed by atoms with E-state index in [-0.39, 0.29) is 18.5 Å².